The highest BCUT2D eigenvalue weighted by Crippen LogP contribution is 2.44. The molecule has 204 valence electrons. The van der Waals surface area contributed by atoms with Crippen LogP contribution in [0.2, 0.25) is 0 Å². The number of hydrogen-bond acceptors (Lipinski definition) is 6. The second kappa shape index (κ2) is 12.9. The molecule has 1 unspecified atom stereocenters. The van der Waals surface area contributed by atoms with Gasteiger partial charge in [-0.2, -0.15) is 0 Å². The van der Waals surface area contributed by atoms with Crippen molar-refractivity contribution in [3.05, 3.63) is 35.4 Å². The molecule has 2 fully saturated rings. The summed E-state index contributed by atoms with van der Waals surface area (Å²) in [5.74, 6) is -1.97. The van der Waals surface area contributed by atoms with E-state index in [-0.39, 0.29) is 43.0 Å². The Labute approximate surface area is 219 Å². The standard InChI is InChI=1S/C29H41NO7/c1-35-16-17-36-19-22(26(31)32)18-29(14-4-5-15-29)28(34)30-23-11-8-21(9-12-23)27(33)37-25-13-10-20-6-2-3-7-24(20)25/h2-3,6-7,21-23,25H,4-5,8-19H2,1H3,(H,30,34)(H,31,32)/t21-,22?,23+,25-/m0/s1. The van der Waals surface area contributed by atoms with Gasteiger partial charge in [0.05, 0.1) is 37.1 Å². The van der Waals surface area contributed by atoms with Crippen molar-refractivity contribution in [3.63, 3.8) is 0 Å². The van der Waals surface area contributed by atoms with Gasteiger partial charge in [0.1, 0.15) is 6.10 Å². The van der Waals surface area contributed by atoms with E-state index in [1.165, 1.54) is 5.56 Å². The molecule has 1 aromatic rings. The number of ether oxygens (including phenoxy) is 3. The average molecular weight is 516 g/mol. The van der Waals surface area contributed by atoms with Crippen LogP contribution in [0, 0.1) is 17.3 Å². The predicted octanol–water partition coefficient (Wildman–Crippen LogP) is 4.21. The van der Waals surface area contributed by atoms with Crippen molar-refractivity contribution in [3.8, 4) is 0 Å². The van der Waals surface area contributed by atoms with Gasteiger partial charge in [-0.25, -0.2) is 0 Å². The Bertz CT molecular complexity index is 934. The minimum Gasteiger partial charge on any atom is -0.481 e. The number of rotatable bonds is 12. The molecule has 0 aliphatic heterocycles. The molecule has 4 rings (SSSR count). The molecular formula is C29H41NO7. The minimum absolute atomic E-state index is 0.00228. The van der Waals surface area contributed by atoms with Crippen molar-refractivity contribution in [1.29, 1.82) is 0 Å². The molecule has 0 heterocycles. The number of benzene rings is 1. The second-order valence-electron chi connectivity index (χ2n) is 11.0. The number of carbonyl (C=O) groups excluding carboxylic acids is 2. The van der Waals surface area contributed by atoms with E-state index in [9.17, 15) is 19.5 Å². The molecule has 0 radical (unpaired) electrons. The number of aryl methyl sites for hydroxylation is 1. The molecule has 3 aliphatic rings. The zero-order valence-electron chi connectivity index (χ0n) is 21.9. The van der Waals surface area contributed by atoms with Crippen molar-refractivity contribution in [2.45, 2.75) is 82.8 Å². The first-order valence-corrected chi connectivity index (χ1v) is 13.8. The fourth-order valence-corrected chi connectivity index (χ4v) is 6.32. The Hall–Kier alpha value is -2.45. The number of hydrogen-bond donors (Lipinski definition) is 2. The van der Waals surface area contributed by atoms with E-state index in [0.29, 0.717) is 38.9 Å². The topological polar surface area (TPSA) is 111 Å². The Morgan fingerprint density at radius 3 is 2.49 bits per heavy atom. The van der Waals surface area contributed by atoms with E-state index in [0.717, 1.165) is 44.1 Å². The van der Waals surface area contributed by atoms with Crippen molar-refractivity contribution < 1.29 is 33.7 Å². The SMILES string of the molecule is COCCOCC(CC1(C(=O)N[C@H]2CC[C@@H](C(=O)O[C@H]3CCc4ccccc43)CC2)CCCC1)C(=O)O. The quantitative estimate of drug-likeness (QED) is 0.317. The number of carboxylic acids is 1. The van der Waals surface area contributed by atoms with Gasteiger partial charge in [0.15, 0.2) is 0 Å². The summed E-state index contributed by atoms with van der Waals surface area (Å²) in [7, 11) is 1.57. The van der Waals surface area contributed by atoms with Crippen molar-refractivity contribution >= 4 is 17.8 Å². The predicted molar refractivity (Wildman–Crippen MR) is 137 cm³/mol. The molecule has 0 spiro atoms. The monoisotopic (exact) mass is 515 g/mol. The number of methoxy groups -OCH3 is 1. The molecule has 2 N–H and O–H groups in total. The minimum atomic E-state index is -0.930. The Balaban J connectivity index is 1.27. The van der Waals surface area contributed by atoms with Gasteiger partial charge in [-0.1, -0.05) is 37.1 Å². The van der Waals surface area contributed by atoms with Gasteiger partial charge < -0.3 is 24.6 Å². The van der Waals surface area contributed by atoms with Gasteiger partial charge in [-0.3, -0.25) is 14.4 Å². The number of carboxylic acid groups (broad SMARTS) is 1. The summed E-state index contributed by atoms with van der Waals surface area (Å²) in [6, 6.07) is 8.16. The smallest absolute Gasteiger partial charge is 0.309 e. The van der Waals surface area contributed by atoms with Crippen molar-refractivity contribution in [2.24, 2.45) is 17.3 Å². The van der Waals surface area contributed by atoms with Crippen LogP contribution in [0.25, 0.3) is 0 Å². The molecule has 1 amide bonds. The fourth-order valence-electron chi connectivity index (χ4n) is 6.32. The molecule has 2 saturated carbocycles. The number of carbonyl (C=O) groups is 3. The summed E-state index contributed by atoms with van der Waals surface area (Å²) in [5, 5.41) is 13.0. The van der Waals surface area contributed by atoms with Gasteiger partial charge in [0.25, 0.3) is 0 Å². The summed E-state index contributed by atoms with van der Waals surface area (Å²) in [6.45, 7) is 0.812. The summed E-state index contributed by atoms with van der Waals surface area (Å²) < 4.78 is 16.4. The molecule has 8 heteroatoms. The largest absolute Gasteiger partial charge is 0.481 e. The number of fused-ring (bicyclic) bond motifs is 1. The molecule has 0 bridgehead atoms. The average Bonchev–Trinajstić information content (AvgIpc) is 3.54. The van der Waals surface area contributed by atoms with Gasteiger partial charge in [-0.05, 0) is 68.9 Å². The fraction of sp³-hybridized carbons (Fsp3) is 0.690. The van der Waals surface area contributed by atoms with E-state index in [1.807, 2.05) is 18.2 Å². The molecular weight excluding hydrogens is 474 g/mol. The third kappa shape index (κ3) is 6.90. The molecule has 37 heavy (non-hydrogen) atoms. The van der Waals surface area contributed by atoms with Crippen LogP contribution in [0.3, 0.4) is 0 Å². The number of nitrogens with one attached hydrogen (secondary N) is 1. The molecule has 8 nitrogen and oxygen atoms in total. The summed E-state index contributed by atoms with van der Waals surface area (Å²) in [5.41, 5.74) is 1.72. The number of aliphatic carboxylic acids is 1. The lowest BCUT2D eigenvalue weighted by molar-refractivity contribution is -0.155. The highest BCUT2D eigenvalue weighted by Gasteiger charge is 2.45. The van der Waals surface area contributed by atoms with Gasteiger partial charge in [-0.15, -0.1) is 0 Å². The van der Waals surface area contributed by atoms with Gasteiger partial charge in [0.2, 0.25) is 5.91 Å². The van der Waals surface area contributed by atoms with Gasteiger partial charge in [0, 0.05) is 13.2 Å². The molecule has 3 aliphatic carbocycles. The zero-order chi connectivity index (χ0) is 26.3. The van der Waals surface area contributed by atoms with Crippen LogP contribution in [-0.2, 0) is 35.0 Å². The first-order chi connectivity index (χ1) is 17.9. The van der Waals surface area contributed by atoms with Crippen LogP contribution >= 0.6 is 0 Å². The summed E-state index contributed by atoms with van der Waals surface area (Å²) >= 11 is 0. The Morgan fingerprint density at radius 2 is 1.78 bits per heavy atom. The maximum Gasteiger partial charge on any atom is 0.309 e. The lowest BCUT2D eigenvalue weighted by atomic mass is 9.76. The van der Waals surface area contributed by atoms with Crippen LogP contribution in [0.4, 0.5) is 0 Å². The summed E-state index contributed by atoms with van der Waals surface area (Å²) in [4.78, 5) is 38.3. The molecule has 2 atom stereocenters. The van der Waals surface area contributed by atoms with Crippen LogP contribution in [0.5, 0.6) is 0 Å². The molecule has 0 saturated heterocycles. The van der Waals surface area contributed by atoms with Crippen LogP contribution in [-0.4, -0.2) is 55.9 Å². The summed E-state index contributed by atoms with van der Waals surface area (Å²) in [6.07, 6.45) is 8.00. The Morgan fingerprint density at radius 1 is 1.05 bits per heavy atom. The lowest BCUT2D eigenvalue weighted by Gasteiger charge is -2.34. The maximum atomic E-state index is 13.5. The second-order valence-corrected chi connectivity index (χ2v) is 11.0. The maximum absolute atomic E-state index is 13.5. The van der Waals surface area contributed by atoms with E-state index < -0.39 is 17.3 Å². The van der Waals surface area contributed by atoms with E-state index in [2.05, 4.69) is 11.4 Å². The first kappa shape index (κ1) is 27.6. The molecule has 1 aromatic carbocycles. The molecule has 0 aromatic heterocycles. The third-order valence-corrected chi connectivity index (χ3v) is 8.51. The van der Waals surface area contributed by atoms with E-state index in [1.54, 1.807) is 7.11 Å². The van der Waals surface area contributed by atoms with Crippen LogP contribution in [0.1, 0.15) is 81.4 Å². The van der Waals surface area contributed by atoms with Crippen molar-refractivity contribution in [1.82, 2.24) is 5.32 Å². The highest BCUT2D eigenvalue weighted by molar-refractivity contribution is 5.84. The zero-order valence-corrected chi connectivity index (χ0v) is 21.9. The lowest BCUT2D eigenvalue weighted by Crippen LogP contribution is -2.47. The highest BCUT2D eigenvalue weighted by atomic mass is 16.5. The number of esters is 1. The van der Waals surface area contributed by atoms with Gasteiger partial charge >= 0.3 is 11.9 Å². The van der Waals surface area contributed by atoms with Crippen LogP contribution < -0.4 is 5.32 Å². The normalized spacial score (nSPS) is 25.3. The van der Waals surface area contributed by atoms with E-state index >= 15 is 0 Å². The van der Waals surface area contributed by atoms with Crippen molar-refractivity contribution in [2.75, 3.05) is 26.9 Å². The first-order valence-electron chi connectivity index (χ1n) is 13.8. The van der Waals surface area contributed by atoms with E-state index in [4.69, 9.17) is 14.2 Å². The Kier molecular flexibility index (Phi) is 9.60. The van der Waals surface area contributed by atoms with Crippen LogP contribution in [0.15, 0.2) is 24.3 Å². The number of amides is 1. The third-order valence-electron chi connectivity index (χ3n) is 8.51.